The zero-order valence-corrected chi connectivity index (χ0v) is 17.2. The van der Waals surface area contributed by atoms with Gasteiger partial charge in [-0.25, -0.2) is 0 Å². The van der Waals surface area contributed by atoms with E-state index in [2.05, 4.69) is 21.8 Å². The van der Waals surface area contributed by atoms with Gasteiger partial charge in [-0.2, -0.15) is 13.2 Å². The Morgan fingerprint density at radius 3 is 2.83 bits per heavy atom. The van der Waals surface area contributed by atoms with Gasteiger partial charge >= 0.3 is 6.18 Å². The molecule has 1 atom stereocenters. The minimum atomic E-state index is -4.16. The number of ether oxygens (including phenoxy) is 1. The molecule has 1 aromatic rings. The number of aliphatic imine (C=N–C) groups is 1. The number of hydrogen-bond donors (Lipinski definition) is 1. The topological polar surface area (TPSA) is 40.1 Å². The number of halogens is 3. The Kier molecular flexibility index (Phi) is 8.82. The number of para-hydroxylation sites is 1. The van der Waals surface area contributed by atoms with E-state index in [0.29, 0.717) is 32.8 Å². The van der Waals surface area contributed by atoms with E-state index < -0.39 is 12.7 Å². The summed E-state index contributed by atoms with van der Waals surface area (Å²) < 4.78 is 43.8. The van der Waals surface area contributed by atoms with Crippen LogP contribution >= 0.6 is 0 Å². The maximum absolute atomic E-state index is 12.7. The number of nitrogens with zero attached hydrogens (tertiary/aromatic N) is 3. The Hall–Kier alpha value is -2.22. The van der Waals surface area contributed by atoms with Crippen molar-refractivity contribution in [3.05, 3.63) is 42.5 Å². The number of benzene rings is 1. The number of likely N-dealkylation sites (tertiary alicyclic amines) is 1. The zero-order chi connectivity index (χ0) is 21.3. The van der Waals surface area contributed by atoms with E-state index in [0.717, 1.165) is 30.2 Å². The molecule has 1 N–H and O–H groups in total. The van der Waals surface area contributed by atoms with Crippen LogP contribution in [0.1, 0.15) is 18.9 Å². The van der Waals surface area contributed by atoms with Crippen molar-refractivity contribution in [1.29, 1.82) is 0 Å². The number of hydrogen-bond acceptors (Lipinski definition) is 3. The third-order valence-electron chi connectivity index (χ3n) is 4.93. The Balaban J connectivity index is 1.89. The van der Waals surface area contributed by atoms with E-state index in [1.54, 1.807) is 20.0 Å². The third-order valence-corrected chi connectivity index (χ3v) is 4.93. The van der Waals surface area contributed by atoms with Crippen molar-refractivity contribution in [3.8, 4) is 5.75 Å². The van der Waals surface area contributed by atoms with Crippen molar-refractivity contribution in [1.82, 2.24) is 15.1 Å². The first-order chi connectivity index (χ1) is 13.9. The Bertz CT molecular complexity index is 678. The summed E-state index contributed by atoms with van der Waals surface area (Å²) in [7, 11) is 1.72. The smallest absolute Gasteiger partial charge is 0.401 e. The summed E-state index contributed by atoms with van der Waals surface area (Å²) in [5.74, 6) is 1.74. The summed E-state index contributed by atoms with van der Waals surface area (Å²) in [5.41, 5.74) is 1.01. The van der Waals surface area contributed by atoms with Crippen LogP contribution < -0.4 is 10.1 Å². The van der Waals surface area contributed by atoms with Crippen LogP contribution in [0.2, 0.25) is 0 Å². The maximum atomic E-state index is 12.7. The summed E-state index contributed by atoms with van der Waals surface area (Å²) in [5, 5.41) is 3.35. The molecule has 1 aliphatic rings. The normalized spacial score (nSPS) is 17.7. The molecule has 5 nitrogen and oxygen atoms in total. The van der Waals surface area contributed by atoms with Crippen LogP contribution in [-0.2, 0) is 6.54 Å². The molecule has 0 aromatic heterocycles. The van der Waals surface area contributed by atoms with Gasteiger partial charge in [0.25, 0.3) is 0 Å². The Morgan fingerprint density at radius 1 is 1.41 bits per heavy atom. The predicted octanol–water partition coefficient (Wildman–Crippen LogP) is 3.53. The van der Waals surface area contributed by atoms with Crippen molar-refractivity contribution in [3.63, 3.8) is 0 Å². The quantitative estimate of drug-likeness (QED) is 0.383. The van der Waals surface area contributed by atoms with Crippen LogP contribution in [0.15, 0.2) is 41.9 Å². The zero-order valence-electron chi connectivity index (χ0n) is 17.2. The lowest BCUT2D eigenvalue weighted by Gasteiger charge is -2.26. The molecular formula is C21H31F3N4O. The molecule has 0 radical (unpaired) electrons. The van der Waals surface area contributed by atoms with Crippen LogP contribution in [0.4, 0.5) is 13.2 Å². The highest BCUT2D eigenvalue weighted by atomic mass is 19.4. The highest BCUT2D eigenvalue weighted by Gasteiger charge is 2.33. The average molecular weight is 413 g/mol. The van der Waals surface area contributed by atoms with Gasteiger partial charge in [0.15, 0.2) is 5.96 Å². The fraction of sp³-hybridized carbons (Fsp3) is 0.571. The molecular weight excluding hydrogens is 381 g/mol. The molecule has 0 spiro atoms. The maximum Gasteiger partial charge on any atom is 0.401 e. The summed E-state index contributed by atoms with van der Waals surface area (Å²) in [6.45, 7) is 7.89. The van der Waals surface area contributed by atoms with E-state index in [1.807, 2.05) is 24.3 Å². The third kappa shape index (κ3) is 7.61. The van der Waals surface area contributed by atoms with Crippen LogP contribution in [0.3, 0.4) is 0 Å². The molecule has 29 heavy (non-hydrogen) atoms. The Morgan fingerprint density at radius 2 is 2.17 bits per heavy atom. The fourth-order valence-corrected chi connectivity index (χ4v) is 3.54. The number of rotatable bonds is 9. The molecule has 1 heterocycles. The van der Waals surface area contributed by atoms with Crippen molar-refractivity contribution in [2.45, 2.75) is 26.1 Å². The first-order valence-corrected chi connectivity index (χ1v) is 9.92. The highest BCUT2D eigenvalue weighted by Crippen LogP contribution is 2.22. The van der Waals surface area contributed by atoms with Gasteiger partial charge in [-0.1, -0.05) is 37.8 Å². The lowest BCUT2D eigenvalue weighted by atomic mass is 10.1. The van der Waals surface area contributed by atoms with Crippen LogP contribution in [-0.4, -0.2) is 68.3 Å². The molecule has 1 aliphatic heterocycles. The molecule has 1 unspecified atom stereocenters. The monoisotopic (exact) mass is 412 g/mol. The van der Waals surface area contributed by atoms with Crippen LogP contribution in [0, 0.1) is 5.92 Å². The van der Waals surface area contributed by atoms with E-state index in [4.69, 9.17) is 4.74 Å². The van der Waals surface area contributed by atoms with Gasteiger partial charge in [0.05, 0.1) is 6.54 Å². The molecule has 0 bridgehead atoms. The van der Waals surface area contributed by atoms with Crippen molar-refractivity contribution in [2.75, 3.05) is 46.4 Å². The molecule has 1 saturated heterocycles. The number of guanidine groups is 1. The lowest BCUT2D eigenvalue weighted by molar-refractivity contribution is -0.146. The van der Waals surface area contributed by atoms with E-state index >= 15 is 0 Å². The molecule has 1 fully saturated rings. The van der Waals surface area contributed by atoms with Crippen LogP contribution in [0.5, 0.6) is 5.75 Å². The molecule has 2 rings (SSSR count). The lowest BCUT2D eigenvalue weighted by Crippen LogP contribution is -2.41. The molecule has 1 aromatic carbocycles. The van der Waals surface area contributed by atoms with Crippen molar-refractivity contribution < 1.29 is 17.9 Å². The minimum absolute atomic E-state index is 0.194. The average Bonchev–Trinajstić information content (AvgIpc) is 3.14. The fourth-order valence-electron chi connectivity index (χ4n) is 3.54. The summed E-state index contributed by atoms with van der Waals surface area (Å²) in [6.07, 6.45) is -1.60. The van der Waals surface area contributed by atoms with Gasteiger partial charge in [0, 0.05) is 38.8 Å². The van der Waals surface area contributed by atoms with Crippen molar-refractivity contribution in [2.24, 2.45) is 10.9 Å². The molecule has 0 aliphatic carbocycles. The molecule has 0 saturated carbocycles. The SMILES string of the molecule is C=CCOc1ccccc1CNC(=NC)N1CCC(CN(CC)CC(F)(F)F)C1. The summed E-state index contributed by atoms with van der Waals surface area (Å²) >= 11 is 0. The van der Waals surface area contributed by atoms with Crippen molar-refractivity contribution >= 4 is 5.96 Å². The second-order valence-corrected chi connectivity index (χ2v) is 7.15. The number of alkyl halides is 3. The van der Waals surface area contributed by atoms with E-state index in [-0.39, 0.29) is 5.92 Å². The number of nitrogens with one attached hydrogen (secondary N) is 1. The van der Waals surface area contributed by atoms with Gasteiger partial charge in [-0.15, -0.1) is 0 Å². The van der Waals surface area contributed by atoms with E-state index in [9.17, 15) is 13.2 Å². The van der Waals surface area contributed by atoms with Crippen LogP contribution in [0.25, 0.3) is 0 Å². The molecule has 162 valence electrons. The summed E-state index contributed by atoms with van der Waals surface area (Å²) in [6, 6.07) is 7.77. The second kappa shape index (κ2) is 11.1. The second-order valence-electron chi connectivity index (χ2n) is 7.15. The summed E-state index contributed by atoms with van der Waals surface area (Å²) in [4.78, 5) is 7.93. The van der Waals surface area contributed by atoms with Gasteiger partial charge in [-0.05, 0) is 24.9 Å². The van der Waals surface area contributed by atoms with Gasteiger partial charge in [-0.3, -0.25) is 9.89 Å². The molecule has 8 heteroatoms. The molecule has 0 amide bonds. The van der Waals surface area contributed by atoms with Gasteiger partial charge in [0.1, 0.15) is 12.4 Å². The first-order valence-electron chi connectivity index (χ1n) is 9.92. The largest absolute Gasteiger partial charge is 0.489 e. The first kappa shape index (κ1) is 23.1. The highest BCUT2D eigenvalue weighted by molar-refractivity contribution is 5.80. The van der Waals surface area contributed by atoms with Gasteiger partial charge in [0.2, 0.25) is 0 Å². The van der Waals surface area contributed by atoms with E-state index in [1.165, 1.54) is 4.90 Å². The minimum Gasteiger partial charge on any atom is -0.489 e. The predicted molar refractivity (Wildman–Crippen MR) is 110 cm³/mol. The standard InChI is InChI=1S/C21H31F3N4O/c1-4-12-29-19-9-7-6-8-18(19)13-26-20(25-3)28-11-10-17(15-28)14-27(5-2)16-21(22,23)24/h4,6-9,17H,1,5,10-16H2,2-3H3,(H,25,26). The van der Waals surface area contributed by atoms with Gasteiger partial charge < -0.3 is 15.0 Å². The Labute approximate surface area is 171 Å².